The Hall–Kier alpha value is -4.03. The lowest BCUT2D eigenvalue weighted by molar-refractivity contribution is -0.142. The predicted molar refractivity (Wildman–Crippen MR) is 174 cm³/mol. The summed E-state index contributed by atoms with van der Waals surface area (Å²) in [4.78, 5) is 48.6. The monoisotopic (exact) mass is 647 g/mol. The van der Waals surface area contributed by atoms with Crippen molar-refractivity contribution < 1.29 is 33.3 Å². The van der Waals surface area contributed by atoms with Crippen molar-refractivity contribution in [1.29, 1.82) is 0 Å². The Morgan fingerprint density at radius 1 is 0.809 bits per heavy atom. The SMILES string of the molecule is O=C(O[C@H](Cc1ccc2c(c1)OCCO2)C(=O)N1CCC(N2CCOCC2)CC1)N1CCC(N2CCc3ccccc3NC2=O)CC1. The van der Waals surface area contributed by atoms with E-state index in [1.807, 2.05) is 52.3 Å². The third-order valence-electron chi connectivity index (χ3n) is 10.2. The molecule has 0 aliphatic carbocycles. The van der Waals surface area contributed by atoms with Gasteiger partial charge in [0.25, 0.3) is 5.91 Å². The normalized spacial score (nSPS) is 21.8. The minimum Gasteiger partial charge on any atom is -0.486 e. The highest BCUT2D eigenvalue weighted by atomic mass is 16.6. The van der Waals surface area contributed by atoms with Crippen molar-refractivity contribution in [2.45, 2.75) is 56.7 Å². The summed E-state index contributed by atoms with van der Waals surface area (Å²) in [5.41, 5.74) is 2.83. The Kier molecular flexibility index (Phi) is 9.66. The zero-order valence-corrected chi connectivity index (χ0v) is 26.9. The maximum Gasteiger partial charge on any atom is 0.410 e. The van der Waals surface area contributed by atoms with Crippen LogP contribution in [0, 0.1) is 0 Å². The molecule has 0 saturated carbocycles. The zero-order chi connectivity index (χ0) is 32.2. The van der Waals surface area contributed by atoms with Crippen molar-refractivity contribution in [2.24, 2.45) is 0 Å². The van der Waals surface area contributed by atoms with Crippen LogP contribution in [0.2, 0.25) is 0 Å². The summed E-state index contributed by atoms with van der Waals surface area (Å²) in [7, 11) is 0. The first-order chi connectivity index (χ1) is 23.0. The van der Waals surface area contributed by atoms with E-state index in [4.69, 9.17) is 18.9 Å². The van der Waals surface area contributed by atoms with Crippen molar-refractivity contribution in [3.8, 4) is 11.5 Å². The lowest BCUT2D eigenvalue weighted by Crippen LogP contribution is -2.53. The van der Waals surface area contributed by atoms with E-state index >= 15 is 0 Å². The molecule has 47 heavy (non-hydrogen) atoms. The molecule has 7 rings (SSSR count). The van der Waals surface area contributed by atoms with Gasteiger partial charge in [0.1, 0.15) is 13.2 Å². The molecule has 3 fully saturated rings. The molecular weight excluding hydrogens is 602 g/mol. The first-order valence-corrected chi connectivity index (χ1v) is 17.1. The van der Waals surface area contributed by atoms with Gasteiger partial charge in [-0.15, -0.1) is 0 Å². The molecule has 1 atom stereocenters. The average Bonchev–Trinajstić information content (AvgIpc) is 3.29. The number of anilines is 1. The number of rotatable bonds is 6. The number of carbonyl (C=O) groups excluding carboxylic acids is 3. The van der Waals surface area contributed by atoms with E-state index in [0.29, 0.717) is 76.3 Å². The van der Waals surface area contributed by atoms with Gasteiger partial charge in [-0.3, -0.25) is 9.69 Å². The molecule has 0 spiro atoms. The molecule has 1 N–H and O–H groups in total. The van der Waals surface area contributed by atoms with Crippen LogP contribution in [0.4, 0.5) is 15.3 Å². The van der Waals surface area contributed by atoms with Gasteiger partial charge >= 0.3 is 12.1 Å². The number of morpholine rings is 1. The number of nitrogens with zero attached hydrogens (tertiary/aromatic N) is 4. The van der Waals surface area contributed by atoms with Crippen LogP contribution in [-0.2, 0) is 27.1 Å². The molecule has 0 radical (unpaired) electrons. The van der Waals surface area contributed by atoms with E-state index in [0.717, 1.165) is 62.4 Å². The number of piperidine rings is 2. The number of ether oxygens (including phenoxy) is 4. The molecule has 5 heterocycles. The predicted octanol–water partition coefficient (Wildman–Crippen LogP) is 3.38. The molecule has 5 aliphatic rings. The van der Waals surface area contributed by atoms with Gasteiger partial charge in [0.15, 0.2) is 17.6 Å². The van der Waals surface area contributed by atoms with Crippen LogP contribution >= 0.6 is 0 Å². The number of carbonyl (C=O) groups is 3. The van der Waals surface area contributed by atoms with Crippen molar-refractivity contribution in [3.63, 3.8) is 0 Å². The second kappa shape index (κ2) is 14.4. The summed E-state index contributed by atoms with van der Waals surface area (Å²) >= 11 is 0. The number of benzene rings is 2. The summed E-state index contributed by atoms with van der Waals surface area (Å²) in [5, 5.41) is 3.05. The number of para-hydroxylation sites is 1. The average molecular weight is 648 g/mol. The lowest BCUT2D eigenvalue weighted by atomic mass is 10.0. The number of hydrogen-bond acceptors (Lipinski definition) is 8. The third kappa shape index (κ3) is 7.28. The number of nitrogens with one attached hydrogen (secondary N) is 1. The standard InChI is InChI=1S/C35H45N5O7/c41-33(38-12-8-27(9-13-38)37-17-19-44-20-18-37)32(24-25-5-6-30-31(23-25)46-22-21-45-30)47-35(43)39-14-10-28(11-15-39)40-16-7-26-3-1-2-4-29(26)36-34(40)42/h1-6,23,27-28,32H,7-22,24H2,(H,36,42)/t32-/m1/s1. The Bertz CT molecular complexity index is 1430. The Morgan fingerprint density at radius 2 is 1.51 bits per heavy atom. The molecular formula is C35H45N5O7. The first-order valence-electron chi connectivity index (χ1n) is 17.1. The topological polar surface area (TPSA) is 113 Å². The smallest absolute Gasteiger partial charge is 0.410 e. The van der Waals surface area contributed by atoms with E-state index in [2.05, 4.69) is 10.2 Å². The van der Waals surface area contributed by atoms with E-state index in [1.54, 1.807) is 4.90 Å². The van der Waals surface area contributed by atoms with Crippen LogP contribution in [0.25, 0.3) is 0 Å². The number of urea groups is 1. The Morgan fingerprint density at radius 3 is 2.30 bits per heavy atom. The zero-order valence-electron chi connectivity index (χ0n) is 26.9. The summed E-state index contributed by atoms with van der Waals surface area (Å²) in [5.74, 6) is 1.15. The minimum absolute atomic E-state index is 0.0243. The van der Waals surface area contributed by atoms with E-state index in [9.17, 15) is 14.4 Å². The highest BCUT2D eigenvalue weighted by Crippen LogP contribution is 2.32. The van der Waals surface area contributed by atoms with Crippen molar-refractivity contribution in [1.82, 2.24) is 19.6 Å². The first kappa shape index (κ1) is 31.6. The molecule has 0 unspecified atom stereocenters. The van der Waals surface area contributed by atoms with E-state index in [-0.39, 0.29) is 24.4 Å². The molecule has 2 aromatic rings. The molecule has 12 nitrogen and oxygen atoms in total. The molecule has 4 amide bonds. The van der Waals surface area contributed by atoms with Crippen molar-refractivity contribution in [3.05, 3.63) is 53.6 Å². The van der Waals surface area contributed by atoms with Gasteiger partial charge in [-0.2, -0.15) is 0 Å². The maximum atomic E-state index is 14.0. The van der Waals surface area contributed by atoms with E-state index in [1.165, 1.54) is 0 Å². The molecule has 5 aliphatic heterocycles. The minimum atomic E-state index is -0.961. The number of fused-ring (bicyclic) bond motifs is 2. The highest BCUT2D eigenvalue weighted by molar-refractivity contribution is 5.91. The summed E-state index contributed by atoms with van der Waals surface area (Å²) in [6, 6.07) is 13.9. The van der Waals surface area contributed by atoms with Crippen LogP contribution in [0.1, 0.15) is 36.8 Å². The van der Waals surface area contributed by atoms with Gasteiger partial charge in [-0.25, -0.2) is 9.59 Å². The second-order valence-corrected chi connectivity index (χ2v) is 13.0. The summed E-state index contributed by atoms with van der Waals surface area (Å²) < 4.78 is 23.0. The van der Waals surface area contributed by atoms with Gasteiger partial charge in [0, 0.05) is 70.0 Å². The Labute approximate surface area is 275 Å². The van der Waals surface area contributed by atoms with Gasteiger partial charge in [-0.05, 0) is 61.4 Å². The van der Waals surface area contributed by atoms with Gasteiger partial charge in [0.2, 0.25) is 0 Å². The van der Waals surface area contributed by atoms with Crippen LogP contribution in [0.5, 0.6) is 11.5 Å². The van der Waals surface area contributed by atoms with Crippen LogP contribution in [0.3, 0.4) is 0 Å². The van der Waals surface area contributed by atoms with Crippen molar-refractivity contribution in [2.75, 3.05) is 77.6 Å². The summed E-state index contributed by atoms with van der Waals surface area (Å²) in [6.45, 7) is 7.12. The van der Waals surface area contributed by atoms with E-state index < -0.39 is 12.2 Å². The van der Waals surface area contributed by atoms with Crippen LogP contribution in [0.15, 0.2) is 42.5 Å². The van der Waals surface area contributed by atoms with Crippen LogP contribution < -0.4 is 14.8 Å². The molecule has 2 aromatic carbocycles. The highest BCUT2D eigenvalue weighted by Gasteiger charge is 2.36. The van der Waals surface area contributed by atoms with Crippen molar-refractivity contribution >= 4 is 23.7 Å². The fourth-order valence-corrected chi connectivity index (χ4v) is 7.50. The Balaban J connectivity index is 0.987. The molecule has 3 saturated heterocycles. The van der Waals surface area contributed by atoms with Gasteiger partial charge < -0.3 is 39.0 Å². The summed E-state index contributed by atoms with van der Waals surface area (Å²) in [6.07, 6.45) is 2.65. The third-order valence-corrected chi connectivity index (χ3v) is 10.2. The lowest BCUT2D eigenvalue weighted by Gasteiger charge is -2.41. The van der Waals surface area contributed by atoms with Gasteiger partial charge in [-0.1, -0.05) is 24.3 Å². The number of likely N-dealkylation sites (tertiary alicyclic amines) is 2. The van der Waals surface area contributed by atoms with Gasteiger partial charge in [0.05, 0.1) is 13.2 Å². The fraction of sp³-hybridized carbons (Fsp3) is 0.571. The van der Waals surface area contributed by atoms with Crippen LogP contribution in [-0.4, -0.2) is 128 Å². The quantitative estimate of drug-likeness (QED) is 0.508. The molecule has 252 valence electrons. The largest absolute Gasteiger partial charge is 0.486 e. The fourth-order valence-electron chi connectivity index (χ4n) is 7.50. The second-order valence-electron chi connectivity index (χ2n) is 13.0. The molecule has 0 bridgehead atoms. The molecule has 0 aromatic heterocycles. The maximum absolute atomic E-state index is 14.0. The number of hydrogen-bond donors (Lipinski definition) is 1. The molecule has 12 heteroatoms. The number of amides is 4.